The Bertz CT molecular complexity index is 303. The first-order valence-corrected chi connectivity index (χ1v) is 4.13. The molecule has 0 unspecified atom stereocenters. The van der Waals surface area contributed by atoms with Crippen molar-refractivity contribution in [1.82, 2.24) is 9.78 Å². The quantitative estimate of drug-likeness (QED) is 0.680. The van der Waals surface area contributed by atoms with Gasteiger partial charge < -0.3 is 10.5 Å². The number of nitrogen functional groups attached to an aromatic ring is 1. The molecule has 1 aromatic heterocycles. The third-order valence-electron chi connectivity index (χ3n) is 2.12. The molecule has 0 radical (unpaired) electrons. The average Bonchev–Trinajstić information content (AvgIpc) is 2.53. The van der Waals surface area contributed by atoms with E-state index in [0.717, 1.165) is 11.3 Å². The molecule has 0 aromatic carbocycles. The molecule has 2 heterocycles. The number of hydrogen-bond donors (Lipinski definition) is 1. The second-order valence-electron chi connectivity index (χ2n) is 3.34. The fourth-order valence-electron chi connectivity index (χ4n) is 1.51. The molecule has 0 atom stereocenters. The SMILES string of the molecule is CC(C)n1nc(N)c2c1COC2. The van der Waals surface area contributed by atoms with Gasteiger partial charge in [0, 0.05) is 11.6 Å². The van der Waals surface area contributed by atoms with Crippen LogP contribution in [0.15, 0.2) is 0 Å². The fourth-order valence-corrected chi connectivity index (χ4v) is 1.51. The van der Waals surface area contributed by atoms with Crippen LogP contribution in [0.5, 0.6) is 0 Å². The molecule has 66 valence electrons. The molecule has 0 aliphatic carbocycles. The Balaban J connectivity index is 2.51. The largest absolute Gasteiger partial charge is 0.382 e. The van der Waals surface area contributed by atoms with Gasteiger partial charge in [-0.15, -0.1) is 0 Å². The van der Waals surface area contributed by atoms with Gasteiger partial charge in [-0.1, -0.05) is 0 Å². The summed E-state index contributed by atoms with van der Waals surface area (Å²) in [4.78, 5) is 0. The van der Waals surface area contributed by atoms with E-state index < -0.39 is 0 Å². The Hall–Kier alpha value is -1.03. The molecule has 12 heavy (non-hydrogen) atoms. The molecule has 0 bridgehead atoms. The summed E-state index contributed by atoms with van der Waals surface area (Å²) in [6, 6.07) is 0.359. The summed E-state index contributed by atoms with van der Waals surface area (Å²) in [6.45, 7) is 5.45. The Kier molecular flexibility index (Phi) is 1.58. The zero-order chi connectivity index (χ0) is 8.72. The number of rotatable bonds is 1. The number of nitrogens with two attached hydrogens (primary N) is 1. The van der Waals surface area contributed by atoms with Gasteiger partial charge in [0.05, 0.1) is 18.9 Å². The van der Waals surface area contributed by atoms with Crippen molar-refractivity contribution in [1.29, 1.82) is 0 Å². The van der Waals surface area contributed by atoms with Gasteiger partial charge in [0.1, 0.15) is 0 Å². The predicted octanol–water partition coefficient (Wildman–Crippen LogP) is 1.08. The van der Waals surface area contributed by atoms with Gasteiger partial charge in [-0.2, -0.15) is 5.10 Å². The monoisotopic (exact) mass is 167 g/mol. The Morgan fingerprint density at radius 2 is 2.25 bits per heavy atom. The molecule has 2 N–H and O–H groups in total. The molecule has 4 nitrogen and oxygen atoms in total. The lowest BCUT2D eigenvalue weighted by molar-refractivity contribution is 0.129. The minimum atomic E-state index is 0.359. The summed E-state index contributed by atoms with van der Waals surface area (Å²) in [5.74, 6) is 0.621. The maximum absolute atomic E-state index is 5.72. The zero-order valence-electron chi connectivity index (χ0n) is 7.37. The highest BCUT2D eigenvalue weighted by Crippen LogP contribution is 2.26. The molecular formula is C8H13N3O. The van der Waals surface area contributed by atoms with Crippen molar-refractivity contribution < 1.29 is 4.74 Å². The van der Waals surface area contributed by atoms with E-state index >= 15 is 0 Å². The van der Waals surface area contributed by atoms with Crippen LogP contribution in [0, 0.1) is 0 Å². The van der Waals surface area contributed by atoms with Crippen molar-refractivity contribution in [3.63, 3.8) is 0 Å². The maximum Gasteiger partial charge on any atom is 0.151 e. The molecule has 1 aromatic rings. The summed E-state index contributed by atoms with van der Waals surface area (Å²) in [5.41, 5.74) is 7.93. The van der Waals surface area contributed by atoms with Crippen LogP contribution in [0.25, 0.3) is 0 Å². The van der Waals surface area contributed by atoms with Crippen LogP contribution >= 0.6 is 0 Å². The molecule has 1 aliphatic heterocycles. The normalized spacial score (nSPS) is 15.6. The number of fused-ring (bicyclic) bond motifs is 1. The van der Waals surface area contributed by atoms with Gasteiger partial charge in [0.2, 0.25) is 0 Å². The highest BCUT2D eigenvalue weighted by atomic mass is 16.5. The van der Waals surface area contributed by atoms with Crippen LogP contribution in [0.2, 0.25) is 0 Å². The molecule has 0 spiro atoms. The third kappa shape index (κ3) is 0.914. The molecular weight excluding hydrogens is 154 g/mol. The summed E-state index contributed by atoms with van der Waals surface area (Å²) in [5, 5.41) is 4.25. The smallest absolute Gasteiger partial charge is 0.151 e. The van der Waals surface area contributed by atoms with E-state index in [0.29, 0.717) is 25.1 Å². The van der Waals surface area contributed by atoms with Gasteiger partial charge >= 0.3 is 0 Å². The first kappa shape index (κ1) is 7.61. The van der Waals surface area contributed by atoms with Crippen LogP contribution in [0.4, 0.5) is 5.82 Å². The van der Waals surface area contributed by atoms with Crippen molar-refractivity contribution in [3.05, 3.63) is 11.3 Å². The zero-order valence-corrected chi connectivity index (χ0v) is 7.37. The number of aromatic nitrogens is 2. The van der Waals surface area contributed by atoms with Gasteiger partial charge in [0.25, 0.3) is 0 Å². The second kappa shape index (κ2) is 2.48. The van der Waals surface area contributed by atoms with Crippen LogP contribution in [0.3, 0.4) is 0 Å². The van der Waals surface area contributed by atoms with E-state index in [1.165, 1.54) is 0 Å². The molecule has 1 aliphatic rings. The highest BCUT2D eigenvalue weighted by Gasteiger charge is 2.22. The second-order valence-corrected chi connectivity index (χ2v) is 3.34. The molecule has 0 fully saturated rings. The van der Waals surface area contributed by atoms with Crippen molar-refractivity contribution in [2.75, 3.05) is 5.73 Å². The summed E-state index contributed by atoms with van der Waals surface area (Å²) >= 11 is 0. The topological polar surface area (TPSA) is 53.1 Å². The van der Waals surface area contributed by atoms with Crippen molar-refractivity contribution in [3.8, 4) is 0 Å². The van der Waals surface area contributed by atoms with Crippen molar-refractivity contribution >= 4 is 5.82 Å². The van der Waals surface area contributed by atoms with E-state index in [2.05, 4.69) is 18.9 Å². The molecule has 2 rings (SSSR count). The van der Waals surface area contributed by atoms with Crippen LogP contribution < -0.4 is 5.73 Å². The number of hydrogen-bond acceptors (Lipinski definition) is 3. The first-order chi connectivity index (χ1) is 5.70. The van der Waals surface area contributed by atoms with Gasteiger partial charge in [-0.05, 0) is 13.8 Å². The van der Waals surface area contributed by atoms with Crippen molar-refractivity contribution in [2.45, 2.75) is 33.1 Å². The van der Waals surface area contributed by atoms with Gasteiger partial charge in [0.15, 0.2) is 5.82 Å². The molecule has 4 heteroatoms. The lowest BCUT2D eigenvalue weighted by Gasteiger charge is -2.07. The van der Waals surface area contributed by atoms with Crippen molar-refractivity contribution in [2.24, 2.45) is 0 Å². The van der Waals surface area contributed by atoms with Gasteiger partial charge in [-0.3, -0.25) is 4.68 Å². The average molecular weight is 167 g/mol. The third-order valence-corrected chi connectivity index (χ3v) is 2.12. The summed E-state index contributed by atoms with van der Waals surface area (Å²) in [6.07, 6.45) is 0. The van der Waals surface area contributed by atoms with Crippen LogP contribution in [0.1, 0.15) is 31.1 Å². The minimum absolute atomic E-state index is 0.359. The van der Waals surface area contributed by atoms with E-state index in [4.69, 9.17) is 10.5 Å². The number of anilines is 1. The standard InChI is InChI=1S/C8H13N3O/c1-5(2)11-7-4-12-3-6(7)8(9)10-11/h5H,3-4H2,1-2H3,(H2,9,10). The summed E-state index contributed by atoms with van der Waals surface area (Å²) in [7, 11) is 0. The lowest BCUT2D eigenvalue weighted by Crippen LogP contribution is -2.07. The molecule has 0 amide bonds. The van der Waals surface area contributed by atoms with E-state index in [1.54, 1.807) is 0 Å². The lowest BCUT2D eigenvalue weighted by atomic mass is 10.2. The Morgan fingerprint density at radius 1 is 1.50 bits per heavy atom. The van der Waals surface area contributed by atoms with Gasteiger partial charge in [-0.25, -0.2) is 0 Å². The number of ether oxygens (including phenoxy) is 1. The van der Waals surface area contributed by atoms with Crippen LogP contribution in [-0.4, -0.2) is 9.78 Å². The Morgan fingerprint density at radius 3 is 2.92 bits per heavy atom. The molecule has 0 saturated carbocycles. The fraction of sp³-hybridized carbons (Fsp3) is 0.625. The van der Waals surface area contributed by atoms with Crippen LogP contribution in [-0.2, 0) is 18.0 Å². The first-order valence-electron chi connectivity index (χ1n) is 4.13. The molecule has 0 saturated heterocycles. The summed E-state index contributed by atoms with van der Waals surface area (Å²) < 4.78 is 7.23. The Labute approximate surface area is 71.3 Å². The maximum atomic E-state index is 5.72. The number of nitrogens with zero attached hydrogens (tertiary/aromatic N) is 2. The van der Waals surface area contributed by atoms with E-state index in [1.807, 2.05) is 4.68 Å². The highest BCUT2D eigenvalue weighted by molar-refractivity contribution is 5.43. The van der Waals surface area contributed by atoms with E-state index in [-0.39, 0.29) is 0 Å². The van der Waals surface area contributed by atoms with E-state index in [9.17, 15) is 0 Å². The predicted molar refractivity (Wildman–Crippen MR) is 45.5 cm³/mol. The minimum Gasteiger partial charge on any atom is -0.382 e.